The molecule has 0 unspecified atom stereocenters. The second-order valence-electron chi connectivity index (χ2n) is 3.71. The van der Waals surface area contributed by atoms with Crippen molar-refractivity contribution >= 4 is 17.1 Å². The van der Waals surface area contributed by atoms with E-state index < -0.39 is 10.0 Å². The second kappa shape index (κ2) is 5.65. The maximum Gasteiger partial charge on any atom is 0.317 e. The molecule has 0 aliphatic carbocycles. The smallest absolute Gasteiger partial charge is 0.258 e. The van der Waals surface area contributed by atoms with Crippen molar-refractivity contribution in [2.75, 3.05) is 5.06 Å². The minimum Gasteiger partial charge on any atom is -0.258 e. The number of nitro groups is 1. The third-order valence-corrected chi connectivity index (χ3v) is 2.43. The van der Waals surface area contributed by atoms with Crippen molar-refractivity contribution in [3.05, 3.63) is 74.8 Å². The number of hydrogen-bond acceptors (Lipinski definition) is 6. The Morgan fingerprint density at radius 3 is 1.90 bits per heavy atom. The average molecular weight is 275 g/mol. The van der Waals surface area contributed by atoms with E-state index >= 15 is 0 Å². The Hall–Kier alpha value is -3.16. The van der Waals surface area contributed by atoms with Crippen molar-refractivity contribution in [3.8, 4) is 0 Å². The standard InChI is InChI=1S/C12H9N3O5/c16-14(17)12-8-6-11(7-9-12)13(20-15(18)19)10-4-2-1-3-5-10/h1-9H. The normalized spacial score (nSPS) is 9.80. The summed E-state index contributed by atoms with van der Waals surface area (Å²) in [6.45, 7) is 0. The maximum absolute atomic E-state index is 10.6. The fourth-order valence-corrected chi connectivity index (χ4v) is 1.58. The SMILES string of the molecule is O=[N+]([O-])ON(c1ccccc1)c1ccc([N+](=O)[O-])cc1. The van der Waals surface area contributed by atoms with E-state index in [2.05, 4.69) is 4.94 Å². The van der Waals surface area contributed by atoms with Gasteiger partial charge in [0.25, 0.3) is 5.69 Å². The summed E-state index contributed by atoms with van der Waals surface area (Å²) < 4.78 is 0. The molecule has 0 radical (unpaired) electrons. The summed E-state index contributed by atoms with van der Waals surface area (Å²) >= 11 is 0. The van der Waals surface area contributed by atoms with Crippen molar-refractivity contribution in [1.82, 2.24) is 0 Å². The number of benzene rings is 2. The summed E-state index contributed by atoms with van der Waals surface area (Å²) in [6, 6.07) is 13.6. The molecule has 0 heterocycles. The van der Waals surface area contributed by atoms with Crippen molar-refractivity contribution in [1.29, 1.82) is 0 Å². The van der Waals surface area contributed by atoms with Crippen LogP contribution in [0.25, 0.3) is 0 Å². The van der Waals surface area contributed by atoms with E-state index in [4.69, 9.17) is 0 Å². The first-order valence-corrected chi connectivity index (χ1v) is 5.50. The van der Waals surface area contributed by atoms with E-state index in [1.165, 1.54) is 24.3 Å². The van der Waals surface area contributed by atoms with Crippen molar-refractivity contribution in [2.24, 2.45) is 0 Å². The molecule has 0 saturated carbocycles. The molecule has 0 spiro atoms. The lowest BCUT2D eigenvalue weighted by molar-refractivity contribution is -0.758. The van der Waals surface area contributed by atoms with E-state index in [0.717, 1.165) is 5.06 Å². The highest BCUT2D eigenvalue weighted by Crippen LogP contribution is 2.27. The van der Waals surface area contributed by atoms with Crippen LogP contribution >= 0.6 is 0 Å². The van der Waals surface area contributed by atoms with Gasteiger partial charge in [-0.2, -0.15) is 10.0 Å². The number of anilines is 2. The van der Waals surface area contributed by atoms with Gasteiger partial charge in [0.1, 0.15) is 0 Å². The molecule has 20 heavy (non-hydrogen) atoms. The molecule has 102 valence electrons. The largest absolute Gasteiger partial charge is 0.317 e. The summed E-state index contributed by atoms with van der Waals surface area (Å²) in [6.07, 6.45) is 0. The highest BCUT2D eigenvalue weighted by atomic mass is 17.0. The number of rotatable bonds is 5. The molecule has 0 fully saturated rings. The zero-order valence-corrected chi connectivity index (χ0v) is 10.1. The Morgan fingerprint density at radius 1 is 0.850 bits per heavy atom. The Morgan fingerprint density at radius 2 is 1.40 bits per heavy atom. The third-order valence-electron chi connectivity index (χ3n) is 2.43. The highest BCUT2D eigenvalue weighted by Gasteiger charge is 2.15. The van der Waals surface area contributed by atoms with Gasteiger partial charge in [0, 0.05) is 12.1 Å². The first-order chi connectivity index (χ1) is 9.58. The fraction of sp³-hybridized carbons (Fsp3) is 0. The maximum atomic E-state index is 10.6. The highest BCUT2D eigenvalue weighted by molar-refractivity contribution is 5.61. The van der Waals surface area contributed by atoms with Crippen LogP contribution in [0, 0.1) is 20.2 Å². The van der Waals surface area contributed by atoms with Gasteiger partial charge < -0.3 is 0 Å². The van der Waals surface area contributed by atoms with Crippen molar-refractivity contribution in [3.63, 3.8) is 0 Å². The molecule has 0 saturated heterocycles. The Balaban J connectivity index is 2.36. The van der Waals surface area contributed by atoms with Crippen LogP contribution in [-0.2, 0) is 4.94 Å². The second-order valence-corrected chi connectivity index (χ2v) is 3.71. The van der Waals surface area contributed by atoms with E-state index in [9.17, 15) is 20.2 Å². The van der Waals surface area contributed by atoms with Crippen LogP contribution in [0.5, 0.6) is 0 Å². The van der Waals surface area contributed by atoms with E-state index in [1.807, 2.05) is 0 Å². The zero-order chi connectivity index (χ0) is 14.5. The van der Waals surface area contributed by atoms with Gasteiger partial charge in [-0.25, -0.2) is 0 Å². The van der Waals surface area contributed by atoms with Crippen LogP contribution in [0.1, 0.15) is 0 Å². The van der Waals surface area contributed by atoms with Crippen LogP contribution in [0.15, 0.2) is 54.6 Å². The van der Waals surface area contributed by atoms with E-state index in [1.54, 1.807) is 30.3 Å². The van der Waals surface area contributed by atoms with Crippen LogP contribution in [0.3, 0.4) is 0 Å². The summed E-state index contributed by atoms with van der Waals surface area (Å²) in [7, 11) is 0. The van der Waals surface area contributed by atoms with Gasteiger partial charge in [0.15, 0.2) is 0 Å². The summed E-state index contributed by atoms with van der Waals surface area (Å²) in [5.74, 6) is 0. The molecule has 0 amide bonds. The number of nitrogens with zero attached hydrogens (tertiary/aromatic N) is 3. The van der Waals surface area contributed by atoms with Crippen LogP contribution < -0.4 is 5.06 Å². The van der Waals surface area contributed by atoms with E-state index in [0.29, 0.717) is 11.4 Å². The van der Waals surface area contributed by atoms with Crippen molar-refractivity contribution < 1.29 is 14.9 Å². The molecule has 0 aliphatic heterocycles. The predicted octanol–water partition coefficient (Wildman–Crippen LogP) is 2.86. The summed E-state index contributed by atoms with van der Waals surface area (Å²) in [5, 5.41) is 21.2. The zero-order valence-electron chi connectivity index (χ0n) is 10.1. The molecule has 0 N–H and O–H groups in total. The fourth-order valence-electron chi connectivity index (χ4n) is 1.58. The third kappa shape index (κ3) is 2.99. The monoisotopic (exact) mass is 275 g/mol. The molecule has 0 atom stereocenters. The van der Waals surface area contributed by atoms with Gasteiger partial charge >= 0.3 is 5.09 Å². The van der Waals surface area contributed by atoms with Crippen molar-refractivity contribution in [2.45, 2.75) is 0 Å². The quantitative estimate of drug-likeness (QED) is 0.614. The number of nitro benzene ring substituents is 1. The number of non-ortho nitro benzene ring substituents is 1. The van der Waals surface area contributed by atoms with Gasteiger partial charge in [-0.1, -0.05) is 18.2 Å². The topological polar surface area (TPSA) is 98.8 Å². The molecule has 8 nitrogen and oxygen atoms in total. The van der Waals surface area contributed by atoms with E-state index in [-0.39, 0.29) is 5.69 Å². The Bertz CT molecular complexity index is 615. The molecule has 2 aromatic rings. The van der Waals surface area contributed by atoms with Gasteiger partial charge in [-0.05, 0) is 24.3 Å². The molecule has 2 rings (SSSR count). The van der Waals surface area contributed by atoms with Crippen LogP contribution in [0.2, 0.25) is 0 Å². The molecule has 2 aromatic carbocycles. The molecule has 0 aromatic heterocycles. The van der Waals surface area contributed by atoms with Gasteiger partial charge in [-0.15, -0.1) is 10.1 Å². The number of para-hydroxylation sites is 1. The molecule has 8 heteroatoms. The first-order valence-electron chi connectivity index (χ1n) is 5.50. The van der Waals surface area contributed by atoms with Crippen LogP contribution in [0.4, 0.5) is 17.1 Å². The van der Waals surface area contributed by atoms with Gasteiger partial charge in [0.2, 0.25) is 0 Å². The lowest BCUT2D eigenvalue weighted by atomic mass is 10.2. The predicted molar refractivity (Wildman–Crippen MR) is 69.8 cm³/mol. The number of hydrogen-bond donors (Lipinski definition) is 0. The Labute approximate surface area is 113 Å². The lowest BCUT2D eigenvalue weighted by Crippen LogP contribution is -2.21. The average Bonchev–Trinajstić information content (AvgIpc) is 2.45. The minimum atomic E-state index is -0.950. The molecular weight excluding hydrogens is 266 g/mol. The lowest BCUT2D eigenvalue weighted by Gasteiger charge is -2.20. The summed E-state index contributed by atoms with van der Waals surface area (Å²) in [5.41, 5.74) is 0.624. The summed E-state index contributed by atoms with van der Waals surface area (Å²) in [4.78, 5) is 25.1. The first kappa shape index (κ1) is 13.3. The molecule has 0 aliphatic rings. The van der Waals surface area contributed by atoms with Crippen LogP contribution in [-0.4, -0.2) is 10.0 Å². The Kier molecular flexibility index (Phi) is 3.75. The van der Waals surface area contributed by atoms with Gasteiger partial charge in [0.05, 0.1) is 16.3 Å². The molecule has 0 bridgehead atoms. The molecular formula is C12H9N3O5. The minimum absolute atomic E-state index is 0.108. The van der Waals surface area contributed by atoms with Gasteiger partial charge in [-0.3, -0.25) is 10.1 Å².